The van der Waals surface area contributed by atoms with Crippen LogP contribution in [0.1, 0.15) is 0 Å². The Morgan fingerprint density at radius 1 is 1.42 bits per heavy atom. The van der Waals surface area contributed by atoms with Crippen molar-refractivity contribution in [1.82, 2.24) is 0 Å². The van der Waals surface area contributed by atoms with E-state index in [9.17, 15) is 4.79 Å². The number of benzene rings is 1. The van der Waals surface area contributed by atoms with Gasteiger partial charge >= 0.3 is 5.43 Å². The van der Waals surface area contributed by atoms with Gasteiger partial charge < -0.3 is 4.74 Å². The van der Waals surface area contributed by atoms with E-state index < -0.39 is 5.43 Å². The average Bonchev–Trinajstić information content (AvgIpc) is 2.05. The first-order chi connectivity index (χ1) is 5.72. The van der Waals surface area contributed by atoms with Crippen molar-refractivity contribution >= 4 is 28.8 Å². The molecule has 0 atom stereocenters. The molecule has 2 nitrogen and oxygen atoms in total. The highest BCUT2D eigenvalue weighted by molar-refractivity contribution is 7.98. The van der Waals surface area contributed by atoms with Gasteiger partial charge in [-0.3, -0.25) is 0 Å². The van der Waals surface area contributed by atoms with Gasteiger partial charge in [-0.2, -0.15) is 0 Å². The molecule has 0 unspecified atom stereocenters. The number of carbonyl (C=O) groups excluding carboxylic acids is 1. The van der Waals surface area contributed by atoms with Crippen LogP contribution in [-0.4, -0.2) is 11.7 Å². The number of carbonyl (C=O) groups is 1. The zero-order chi connectivity index (χ0) is 8.97. The van der Waals surface area contributed by atoms with Crippen LogP contribution in [0.5, 0.6) is 5.75 Å². The Morgan fingerprint density at radius 2 is 2.00 bits per heavy atom. The van der Waals surface area contributed by atoms with Gasteiger partial charge in [0.2, 0.25) is 0 Å². The summed E-state index contributed by atoms with van der Waals surface area (Å²) in [5.74, 6) is 0.466. The molecule has 0 bridgehead atoms. The standard InChI is InChI=1S/C8H7ClO2S/c1-12-7-4-2-6(3-5-7)11-8(9)10/h2-5H,1H3. The Labute approximate surface area is 79.9 Å². The van der Waals surface area contributed by atoms with Crippen molar-refractivity contribution in [3.8, 4) is 5.75 Å². The number of hydrogen-bond donors (Lipinski definition) is 0. The van der Waals surface area contributed by atoms with Crippen LogP contribution in [0, 0.1) is 0 Å². The zero-order valence-corrected chi connectivity index (χ0v) is 7.98. The van der Waals surface area contributed by atoms with E-state index in [4.69, 9.17) is 11.6 Å². The topological polar surface area (TPSA) is 26.3 Å². The maximum absolute atomic E-state index is 10.3. The summed E-state index contributed by atoms with van der Waals surface area (Å²) in [6.07, 6.45) is 1.97. The van der Waals surface area contributed by atoms with E-state index in [-0.39, 0.29) is 0 Å². The van der Waals surface area contributed by atoms with Crippen molar-refractivity contribution in [3.63, 3.8) is 0 Å². The third-order valence-corrected chi connectivity index (χ3v) is 2.08. The van der Waals surface area contributed by atoms with Crippen LogP contribution in [0.2, 0.25) is 0 Å². The van der Waals surface area contributed by atoms with Crippen LogP contribution in [0.25, 0.3) is 0 Å². The van der Waals surface area contributed by atoms with E-state index >= 15 is 0 Å². The number of ether oxygens (including phenoxy) is 1. The summed E-state index contributed by atoms with van der Waals surface area (Å²) in [5, 5.41) is 0. The Kier molecular flexibility index (Phi) is 3.44. The molecule has 1 aromatic carbocycles. The minimum Gasteiger partial charge on any atom is -0.415 e. The molecule has 0 amide bonds. The minimum absolute atomic E-state index is 0.466. The fourth-order valence-electron chi connectivity index (χ4n) is 0.736. The fraction of sp³-hybridized carbons (Fsp3) is 0.125. The second-order valence-corrected chi connectivity index (χ2v) is 3.20. The molecule has 0 fully saturated rings. The molecule has 0 heterocycles. The molecule has 0 N–H and O–H groups in total. The number of rotatable bonds is 2. The van der Waals surface area contributed by atoms with Gasteiger partial charge in [0.15, 0.2) is 0 Å². The van der Waals surface area contributed by atoms with E-state index in [0.29, 0.717) is 5.75 Å². The van der Waals surface area contributed by atoms with Crippen LogP contribution in [-0.2, 0) is 0 Å². The molecule has 0 aliphatic carbocycles. The van der Waals surface area contributed by atoms with Crippen LogP contribution in [0.3, 0.4) is 0 Å². The number of thioether (sulfide) groups is 1. The summed E-state index contributed by atoms with van der Waals surface area (Å²) in [7, 11) is 0. The number of halogens is 1. The molecule has 64 valence electrons. The van der Waals surface area contributed by atoms with Crippen molar-refractivity contribution in [2.45, 2.75) is 4.90 Å². The molecular weight excluding hydrogens is 196 g/mol. The minimum atomic E-state index is -0.813. The van der Waals surface area contributed by atoms with E-state index in [1.54, 1.807) is 23.9 Å². The van der Waals surface area contributed by atoms with Crippen LogP contribution in [0.4, 0.5) is 4.79 Å². The lowest BCUT2D eigenvalue weighted by atomic mass is 10.3. The maximum Gasteiger partial charge on any atom is 0.409 e. The Morgan fingerprint density at radius 3 is 2.42 bits per heavy atom. The van der Waals surface area contributed by atoms with Gasteiger partial charge in [0.25, 0.3) is 0 Å². The van der Waals surface area contributed by atoms with Crippen molar-refractivity contribution in [1.29, 1.82) is 0 Å². The lowest BCUT2D eigenvalue weighted by molar-refractivity contribution is 0.225. The highest BCUT2D eigenvalue weighted by Gasteiger charge is 1.98. The van der Waals surface area contributed by atoms with Gasteiger partial charge in [0.1, 0.15) is 5.75 Å². The lowest BCUT2D eigenvalue weighted by Crippen LogP contribution is -1.95. The first kappa shape index (κ1) is 9.42. The normalized spacial score (nSPS) is 9.50. The van der Waals surface area contributed by atoms with Crippen molar-refractivity contribution in [3.05, 3.63) is 24.3 Å². The molecule has 0 aliphatic rings. The van der Waals surface area contributed by atoms with Crippen molar-refractivity contribution in [2.75, 3.05) is 6.26 Å². The quantitative estimate of drug-likeness (QED) is 0.545. The summed E-state index contributed by atoms with van der Waals surface area (Å²) in [6, 6.07) is 7.12. The molecular formula is C8H7ClO2S. The maximum atomic E-state index is 10.3. The Balaban J connectivity index is 2.71. The summed E-state index contributed by atoms with van der Waals surface area (Å²) < 4.78 is 4.63. The van der Waals surface area contributed by atoms with Gasteiger partial charge in [0.05, 0.1) is 0 Å². The third-order valence-electron chi connectivity index (χ3n) is 1.26. The van der Waals surface area contributed by atoms with Gasteiger partial charge in [0, 0.05) is 16.5 Å². The summed E-state index contributed by atoms with van der Waals surface area (Å²) in [6.45, 7) is 0. The first-order valence-corrected chi connectivity index (χ1v) is 4.84. The molecule has 1 aromatic rings. The molecule has 0 saturated heterocycles. The largest absolute Gasteiger partial charge is 0.415 e. The van der Waals surface area contributed by atoms with Crippen LogP contribution < -0.4 is 4.74 Å². The predicted octanol–water partition coefficient (Wildman–Crippen LogP) is 3.15. The molecule has 0 aromatic heterocycles. The molecule has 0 spiro atoms. The Hall–Kier alpha value is -0.670. The summed E-state index contributed by atoms with van der Waals surface area (Å²) in [5.41, 5.74) is -0.813. The molecule has 1 rings (SSSR count). The van der Waals surface area contributed by atoms with Crippen molar-refractivity contribution < 1.29 is 9.53 Å². The van der Waals surface area contributed by atoms with Gasteiger partial charge in [-0.05, 0) is 30.5 Å². The highest BCUT2D eigenvalue weighted by Crippen LogP contribution is 2.19. The van der Waals surface area contributed by atoms with Gasteiger partial charge in [-0.15, -0.1) is 11.8 Å². The van der Waals surface area contributed by atoms with Crippen LogP contribution in [0.15, 0.2) is 29.2 Å². The second-order valence-electron chi connectivity index (χ2n) is 2.02. The highest BCUT2D eigenvalue weighted by atomic mass is 35.5. The van der Waals surface area contributed by atoms with E-state index in [2.05, 4.69) is 4.74 Å². The molecule has 12 heavy (non-hydrogen) atoms. The van der Waals surface area contributed by atoms with Gasteiger partial charge in [-0.25, -0.2) is 4.79 Å². The molecule has 0 aliphatic heterocycles. The first-order valence-electron chi connectivity index (χ1n) is 3.24. The van der Waals surface area contributed by atoms with Crippen LogP contribution >= 0.6 is 23.4 Å². The molecule has 4 heteroatoms. The van der Waals surface area contributed by atoms with E-state index in [1.165, 1.54) is 0 Å². The summed E-state index contributed by atoms with van der Waals surface area (Å²) in [4.78, 5) is 11.4. The molecule has 0 saturated carbocycles. The SMILES string of the molecule is CSc1ccc(OC(=O)Cl)cc1. The third kappa shape index (κ3) is 2.75. The van der Waals surface area contributed by atoms with Gasteiger partial charge in [-0.1, -0.05) is 0 Å². The molecule has 0 radical (unpaired) electrons. The smallest absolute Gasteiger partial charge is 0.409 e. The predicted molar refractivity (Wildman–Crippen MR) is 50.1 cm³/mol. The second kappa shape index (κ2) is 4.38. The monoisotopic (exact) mass is 202 g/mol. The van der Waals surface area contributed by atoms with E-state index in [0.717, 1.165) is 4.90 Å². The fourth-order valence-corrected chi connectivity index (χ4v) is 1.23. The van der Waals surface area contributed by atoms with E-state index in [1.807, 2.05) is 18.4 Å². The number of hydrogen-bond acceptors (Lipinski definition) is 3. The lowest BCUT2D eigenvalue weighted by Gasteiger charge is -1.99. The Bertz CT molecular complexity index is 271. The average molecular weight is 203 g/mol. The zero-order valence-electron chi connectivity index (χ0n) is 6.41. The summed E-state index contributed by atoms with van der Waals surface area (Å²) >= 11 is 6.64. The van der Waals surface area contributed by atoms with Crippen molar-refractivity contribution in [2.24, 2.45) is 0 Å².